The summed E-state index contributed by atoms with van der Waals surface area (Å²) >= 11 is 0. The molecule has 1 aliphatic rings. The van der Waals surface area contributed by atoms with E-state index in [1.807, 2.05) is 13.0 Å². The molecule has 0 aliphatic carbocycles. The summed E-state index contributed by atoms with van der Waals surface area (Å²) in [5.74, 6) is 2.10. The lowest BCUT2D eigenvalue weighted by atomic mass is 9.97. The van der Waals surface area contributed by atoms with Crippen LogP contribution >= 0.6 is 0 Å². The lowest BCUT2D eigenvalue weighted by Gasteiger charge is -2.32. The summed E-state index contributed by atoms with van der Waals surface area (Å²) in [4.78, 5) is 23.3. The minimum absolute atomic E-state index is 0.0677. The van der Waals surface area contributed by atoms with Gasteiger partial charge in [-0.1, -0.05) is 13.3 Å². The van der Waals surface area contributed by atoms with E-state index in [0.717, 1.165) is 62.5 Å². The van der Waals surface area contributed by atoms with Crippen LogP contribution in [0.2, 0.25) is 0 Å². The molecule has 1 fully saturated rings. The molecule has 5 heteroatoms. The second-order valence-corrected chi connectivity index (χ2v) is 5.79. The highest BCUT2D eigenvalue weighted by molar-refractivity contribution is 5.79. The summed E-state index contributed by atoms with van der Waals surface area (Å²) in [7, 11) is 1.71. The van der Waals surface area contributed by atoms with E-state index in [1.165, 1.54) is 0 Å². The van der Waals surface area contributed by atoms with Crippen LogP contribution in [0, 0.1) is 12.8 Å². The molecule has 5 nitrogen and oxygen atoms in total. The van der Waals surface area contributed by atoms with E-state index < -0.39 is 0 Å². The fourth-order valence-corrected chi connectivity index (χ4v) is 2.82. The minimum Gasteiger partial charge on any atom is -0.359 e. The van der Waals surface area contributed by atoms with Crippen molar-refractivity contribution in [3.63, 3.8) is 0 Å². The molecule has 2 rings (SSSR count). The largest absolute Gasteiger partial charge is 0.359 e. The standard InChI is InChI=1S/C16H26N4O/c1-4-5-8-14-18-12(2)10-15(19-14)20-9-6-7-13(11-20)16(21)17-3/h10,13H,4-9,11H2,1-3H3,(H,17,21). The molecular formula is C16H26N4O. The Kier molecular flexibility index (Phi) is 5.53. The van der Waals surface area contributed by atoms with Crippen LogP contribution in [0.3, 0.4) is 0 Å². The predicted octanol–water partition coefficient (Wildman–Crippen LogP) is 2.09. The third kappa shape index (κ3) is 4.16. The van der Waals surface area contributed by atoms with Crippen molar-refractivity contribution in [3.8, 4) is 0 Å². The minimum atomic E-state index is 0.0677. The Balaban J connectivity index is 2.12. The molecule has 0 spiro atoms. The summed E-state index contributed by atoms with van der Waals surface area (Å²) in [6.45, 7) is 5.91. The Morgan fingerprint density at radius 2 is 2.29 bits per heavy atom. The summed E-state index contributed by atoms with van der Waals surface area (Å²) < 4.78 is 0. The van der Waals surface area contributed by atoms with Crippen LogP contribution in [0.5, 0.6) is 0 Å². The maximum atomic E-state index is 11.8. The van der Waals surface area contributed by atoms with Gasteiger partial charge in [0.1, 0.15) is 11.6 Å². The van der Waals surface area contributed by atoms with Gasteiger partial charge >= 0.3 is 0 Å². The number of piperidine rings is 1. The van der Waals surface area contributed by atoms with Crippen LogP contribution in [0.4, 0.5) is 5.82 Å². The van der Waals surface area contributed by atoms with Gasteiger partial charge in [0.05, 0.1) is 5.92 Å². The number of rotatable bonds is 5. The number of hydrogen-bond acceptors (Lipinski definition) is 4. The molecular weight excluding hydrogens is 264 g/mol. The van der Waals surface area contributed by atoms with Gasteiger partial charge in [-0.25, -0.2) is 9.97 Å². The number of hydrogen-bond donors (Lipinski definition) is 1. The van der Waals surface area contributed by atoms with Crippen molar-refractivity contribution in [3.05, 3.63) is 17.6 Å². The van der Waals surface area contributed by atoms with E-state index in [2.05, 4.69) is 22.1 Å². The Labute approximate surface area is 127 Å². The molecule has 1 amide bonds. The van der Waals surface area contributed by atoms with Gasteiger partial charge in [-0.05, 0) is 26.2 Å². The predicted molar refractivity (Wildman–Crippen MR) is 84.4 cm³/mol. The number of nitrogens with zero attached hydrogens (tertiary/aromatic N) is 3. The van der Waals surface area contributed by atoms with Gasteiger partial charge in [0, 0.05) is 38.3 Å². The summed E-state index contributed by atoms with van der Waals surface area (Å²) in [6, 6.07) is 2.03. The Morgan fingerprint density at radius 3 is 3.00 bits per heavy atom. The van der Waals surface area contributed by atoms with Crippen molar-refractivity contribution in [2.45, 2.75) is 46.0 Å². The van der Waals surface area contributed by atoms with Gasteiger partial charge in [0.25, 0.3) is 0 Å². The van der Waals surface area contributed by atoms with Crippen LogP contribution in [0.25, 0.3) is 0 Å². The van der Waals surface area contributed by atoms with Crippen LogP contribution < -0.4 is 10.2 Å². The van der Waals surface area contributed by atoms with Crippen molar-refractivity contribution < 1.29 is 4.79 Å². The van der Waals surface area contributed by atoms with Crippen LogP contribution in [-0.2, 0) is 11.2 Å². The van der Waals surface area contributed by atoms with E-state index in [0.29, 0.717) is 0 Å². The molecule has 1 atom stereocenters. The first-order chi connectivity index (χ1) is 10.1. The first kappa shape index (κ1) is 15.7. The smallest absolute Gasteiger partial charge is 0.224 e. The van der Waals surface area contributed by atoms with Gasteiger partial charge in [0.15, 0.2) is 0 Å². The number of aryl methyl sites for hydroxylation is 2. The lowest BCUT2D eigenvalue weighted by molar-refractivity contribution is -0.124. The highest BCUT2D eigenvalue weighted by Crippen LogP contribution is 2.22. The molecule has 0 saturated carbocycles. The molecule has 0 aromatic carbocycles. The molecule has 1 aromatic rings. The first-order valence-corrected chi connectivity index (χ1v) is 7.95. The summed E-state index contributed by atoms with van der Waals surface area (Å²) in [5, 5.41) is 2.76. The number of nitrogens with one attached hydrogen (secondary N) is 1. The highest BCUT2D eigenvalue weighted by Gasteiger charge is 2.26. The number of carbonyl (C=O) groups is 1. The molecule has 1 saturated heterocycles. The lowest BCUT2D eigenvalue weighted by Crippen LogP contribution is -2.42. The number of anilines is 1. The maximum absolute atomic E-state index is 11.8. The number of carbonyl (C=O) groups excluding carboxylic acids is 1. The van der Waals surface area contributed by atoms with Gasteiger partial charge in [-0.15, -0.1) is 0 Å². The fourth-order valence-electron chi connectivity index (χ4n) is 2.82. The molecule has 0 radical (unpaired) electrons. The normalized spacial score (nSPS) is 18.6. The third-order valence-electron chi connectivity index (χ3n) is 4.00. The van der Waals surface area contributed by atoms with Crippen LogP contribution in [-0.4, -0.2) is 36.0 Å². The number of amides is 1. The average Bonchev–Trinajstić information content (AvgIpc) is 2.51. The van der Waals surface area contributed by atoms with Gasteiger partial charge < -0.3 is 10.2 Å². The SMILES string of the molecule is CCCCc1nc(C)cc(N2CCCC(C(=O)NC)C2)n1. The molecule has 2 heterocycles. The van der Waals surface area contributed by atoms with Crippen molar-refractivity contribution in [1.29, 1.82) is 0 Å². The topological polar surface area (TPSA) is 58.1 Å². The number of unbranched alkanes of at least 4 members (excludes halogenated alkanes) is 1. The van der Waals surface area contributed by atoms with E-state index in [9.17, 15) is 4.79 Å². The first-order valence-electron chi connectivity index (χ1n) is 7.95. The third-order valence-corrected chi connectivity index (χ3v) is 4.00. The van der Waals surface area contributed by atoms with E-state index in [1.54, 1.807) is 7.05 Å². The molecule has 1 aliphatic heterocycles. The Bertz CT molecular complexity index is 489. The quantitative estimate of drug-likeness (QED) is 0.902. The monoisotopic (exact) mass is 290 g/mol. The molecule has 0 bridgehead atoms. The zero-order valence-corrected chi connectivity index (χ0v) is 13.4. The summed E-state index contributed by atoms with van der Waals surface area (Å²) in [5.41, 5.74) is 1.01. The number of aromatic nitrogens is 2. The Hall–Kier alpha value is -1.65. The van der Waals surface area contributed by atoms with Gasteiger partial charge in [0.2, 0.25) is 5.91 Å². The highest BCUT2D eigenvalue weighted by atomic mass is 16.1. The van der Waals surface area contributed by atoms with E-state index in [-0.39, 0.29) is 11.8 Å². The molecule has 1 aromatic heterocycles. The van der Waals surface area contributed by atoms with Crippen molar-refractivity contribution >= 4 is 11.7 Å². The molecule has 1 N–H and O–H groups in total. The maximum Gasteiger partial charge on any atom is 0.224 e. The van der Waals surface area contributed by atoms with Gasteiger partial charge in [-0.3, -0.25) is 4.79 Å². The second-order valence-electron chi connectivity index (χ2n) is 5.79. The molecule has 116 valence electrons. The van der Waals surface area contributed by atoms with Crippen molar-refractivity contribution in [2.75, 3.05) is 25.0 Å². The van der Waals surface area contributed by atoms with Crippen LogP contribution in [0.15, 0.2) is 6.07 Å². The van der Waals surface area contributed by atoms with Crippen LogP contribution in [0.1, 0.15) is 44.1 Å². The van der Waals surface area contributed by atoms with Gasteiger partial charge in [-0.2, -0.15) is 0 Å². The molecule has 21 heavy (non-hydrogen) atoms. The second kappa shape index (κ2) is 7.38. The summed E-state index contributed by atoms with van der Waals surface area (Å²) in [6.07, 6.45) is 5.19. The van der Waals surface area contributed by atoms with Crippen molar-refractivity contribution in [2.24, 2.45) is 5.92 Å². The average molecular weight is 290 g/mol. The Morgan fingerprint density at radius 1 is 1.48 bits per heavy atom. The van der Waals surface area contributed by atoms with Crippen molar-refractivity contribution in [1.82, 2.24) is 15.3 Å². The fraction of sp³-hybridized carbons (Fsp3) is 0.688. The zero-order chi connectivity index (χ0) is 15.2. The van der Waals surface area contributed by atoms with E-state index >= 15 is 0 Å². The molecule has 1 unspecified atom stereocenters. The zero-order valence-electron chi connectivity index (χ0n) is 13.4. The van der Waals surface area contributed by atoms with E-state index in [4.69, 9.17) is 4.98 Å².